The van der Waals surface area contributed by atoms with Gasteiger partial charge in [-0.3, -0.25) is 4.72 Å². The Morgan fingerprint density at radius 2 is 1.89 bits per heavy atom. The molecule has 1 N–H and O–H groups in total. The van der Waals surface area contributed by atoms with E-state index in [0.717, 1.165) is 5.56 Å². The summed E-state index contributed by atoms with van der Waals surface area (Å²) in [7, 11) is -3.39. The zero-order valence-electron chi connectivity index (χ0n) is 10.3. The van der Waals surface area contributed by atoms with Crippen molar-refractivity contribution in [3.05, 3.63) is 29.8 Å². The van der Waals surface area contributed by atoms with Gasteiger partial charge < -0.3 is 0 Å². The van der Waals surface area contributed by atoms with Crippen LogP contribution in [-0.4, -0.2) is 20.1 Å². The number of alkyl halides is 1. The Hall–Kier alpha value is -1.25. The van der Waals surface area contributed by atoms with Crippen molar-refractivity contribution < 1.29 is 8.42 Å². The van der Waals surface area contributed by atoms with Gasteiger partial charge >= 0.3 is 0 Å². The lowest BCUT2D eigenvalue weighted by atomic mass is 9.86. The van der Waals surface area contributed by atoms with Crippen molar-refractivity contribution >= 4 is 27.3 Å². The van der Waals surface area contributed by atoms with Gasteiger partial charge in [0.25, 0.3) is 0 Å². The molecule has 0 amide bonds. The monoisotopic (exact) mass is 286 g/mol. The molecule has 0 saturated carbocycles. The Morgan fingerprint density at radius 1 is 1.33 bits per heavy atom. The summed E-state index contributed by atoms with van der Waals surface area (Å²) in [5.41, 5.74) is 0.719. The third-order valence-electron chi connectivity index (χ3n) is 2.51. The second kappa shape index (κ2) is 5.59. The van der Waals surface area contributed by atoms with Crippen LogP contribution in [0.15, 0.2) is 24.3 Å². The third-order valence-corrected chi connectivity index (χ3v) is 4.21. The first kappa shape index (κ1) is 14.8. The van der Waals surface area contributed by atoms with E-state index in [0.29, 0.717) is 5.69 Å². The Labute approximate surface area is 113 Å². The molecule has 18 heavy (non-hydrogen) atoms. The van der Waals surface area contributed by atoms with Crippen LogP contribution in [0, 0.1) is 11.3 Å². The Kier molecular flexibility index (Phi) is 4.60. The summed E-state index contributed by atoms with van der Waals surface area (Å²) < 4.78 is 25.4. The molecule has 0 fully saturated rings. The van der Waals surface area contributed by atoms with Gasteiger partial charge in [-0.25, -0.2) is 8.42 Å². The van der Waals surface area contributed by atoms with Crippen LogP contribution in [0.1, 0.15) is 19.4 Å². The predicted octanol–water partition coefficient (Wildman–Crippen LogP) is 2.47. The molecule has 6 heteroatoms. The topological polar surface area (TPSA) is 70.0 Å². The van der Waals surface area contributed by atoms with Crippen molar-refractivity contribution in [3.8, 4) is 6.07 Å². The number of nitrogens with one attached hydrogen (secondary N) is 1. The number of sulfonamides is 1. The van der Waals surface area contributed by atoms with E-state index in [1.807, 2.05) is 0 Å². The average molecular weight is 287 g/mol. The number of hydrogen-bond donors (Lipinski definition) is 1. The number of nitrogens with zero attached hydrogens (tertiary/aromatic N) is 1. The Morgan fingerprint density at radius 3 is 2.33 bits per heavy atom. The van der Waals surface area contributed by atoms with Crippen LogP contribution < -0.4 is 4.72 Å². The molecule has 0 atom stereocenters. The summed E-state index contributed by atoms with van der Waals surface area (Å²) in [5.74, 6) is -0.0745. The minimum Gasteiger partial charge on any atom is -0.284 e. The second-order valence-corrected chi connectivity index (χ2v) is 6.64. The molecule has 0 heterocycles. The zero-order valence-corrected chi connectivity index (χ0v) is 11.8. The highest BCUT2D eigenvalue weighted by atomic mass is 35.5. The molecular weight excluding hydrogens is 272 g/mol. The zero-order chi connectivity index (χ0) is 13.8. The van der Waals surface area contributed by atoms with E-state index in [2.05, 4.69) is 10.8 Å². The molecule has 0 unspecified atom stereocenters. The van der Waals surface area contributed by atoms with E-state index in [4.69, 9.17) is 16.9 Å². The van der Waals surface area contributed by atoms with E-state index in [1.54, 1.807) is 38.1 Å². The summed E-state index contributed by atoms with van der Waals surface area (Å²) in [5, 5.41) is 9.00. The fourth-order valence-corrected chi connectivity index (χ4v) is 2.76. The van der Waals surface area contributed by atoms with Crippen LogP contribution in [0.2, 0.25) is 0 Å². The number of halogens is 1. The molecule has 4 nitrogen and oxygen atoms in total. The maximum atomic E-state index is 11.5. The largest absolute Gasteiger partial charge is 0.284 e. The lowest BCUT2D eigenvalue weighted by Gasteiger charge is -2.16. The summed E-state index contributed by atoms with van der Waals surface area (Å²) in [4.78, 5) is 0. The van der Waals surface area contributed by atoms with Crippen LogP contribution in [0.3, 0.4) is 0 Å². The first-order chi connectivity index (χ1) is 8.30. The van der Waals surface area contributed by atoms with Crippen LogP contribution in [0.25, 0.3) is 0 Å². The maximum Gasteiger partial charge on any atom is 0.233 e. The van der Waals surface area contributed by atoms with Gasteiger partial charge in [0.2, 0.25) is 10.0 Å². The molecule has 0 saturated heterocycles. The smallest absolute Gasteiger partial charge is 0.233 e. The molecule has 0 aromatic heterocycles. The van der Waals surface area contributed by atoms with Crippen molar-refractivity contribution in [3.63, 3.8) is 0 Å². The Bertz CT molecular complexity index is 544. The van der Waals surface area contributed by atoms with E-state index < -0.39 is 15.4 Å². The highest BCUT2D eigenvalue weighted by Gasteiger charge is 2.19. The molecule has 0 radical (unpaired) electrons. The van der Waals surface area contributed by atoms with Crippen LogP contribution in [0.4, 0.5) is 5.69 Å². The van der Waals surface area contributed by atoms with Crippen molar-refractivity contribution in [1.29, 1.82) is 5.26 Å². The highest BCUT2D eigenvalue weighted by Crippen LogP contribution is 2.23. The van der Waals surface area contributed by atoms with E-state index >= 15 is 0 Å². The quantitative estimate of drug-likeness (QED) is 0.845. The molecule has 98 valence electrons. The van der Waals surface area contributed by atoms with E-state index in [-0.39, 0.29) is 11.6 Å². The fourth-order valence-electron chi connectivity index (χ4n) is 1.35. The van der Waals surface area contributed by atoms with Gasteiger partial charge in [-0.15, -0.1) is 11.6 Å². The van der Waals surface area contributed by atoms with Crippen molar-refractivity contribution in [2.24, 2.45) is 0 Å². The van der Waals surface area contributed by atoms with Gasteiger partial charge in [0.05, 0.1) is 17.2 Å². The number of nitriles is 1. The lowest BCUT2D eigenvalue weighted by molar-refractivity contribution is 0.602. The first-order valence-corrected chi connectivity index (χ1v) is 7.58. The maximum absolute atomic E-state index is 11.5. The molecule has 1 aromatic rings. The summed E-state index contributed by atoms with van der Waals surface area (Å²) in [6, 6.07) is 8.94. The second-order valence-electron chi connectivity index (χ2n) is 4.42. The van der Waals surface area contributed by atoms with Crippen molar-refractivity contribution in [2.45, 2.75) is 19.3 Å². The molecule has 0 spiro atoms. The first-order valence-electron chi connectivity index (χ1n) is 5.39. The number of hydrogen-bond acceptors (Lipinski definition) is 3. The Balaban J connectivity index is 2.89. The number of anilines is 1. The molecule has 0 aliphatic heterocycles. The van der Waals surface area contributed by atoms with Gasteiger partial charge in [-0.1, -0.05) is 12.1 Å². The van der Waals surface area contributed by atoms with Crippen LogP contribution >= 0.6 is 11.6 Å². The molecule has 0 aliphatic rings. The summed E-state index contributed by atoms with van der Waals surface area (Å²) in [6.07, 6.45) is 0. The lowest BCUT2D eigenvalue weighted by Crippen LogP contribution is -2.18. The molecule has 1 rings (SSSR count). The number of rotatable bonds is 5. The third kappa shape index (κ3) is 3.90. The molecule has 0 bridgehead atoms. The van der Waals surface area contributed by atoms with Crippen LogP contribution in [-0.2, 0) is 15.4 Å². The standard InChI is InChI=1S/C12H15ClN2O2S/c1-12(2,9-14)10-3-5-11(6-4-10)15-18(16,17)8-7-13/h3-6,15H,7-8H2,1-2H3. The minimum atomic E-state index is -3.39. The van der Waals surface area contributed by atoms with Crippen LogP contribution in [0.5, 0.6) is 0 Å². The van der Waals surface area contributed by atoms with Crippen molar-refractivity contribution in [1.82, 2.24) is 0 Å². The van der Waals surface area contributed by atoms with E-state index in [1.165, 1.54) is 0 Å². The molecular formula is C12H15ClN2O2S. The SMILES string of the molecule is CC(C)(C#N)c1ccc(NS(=O)(=O)CCCl)cc1. The summed E-state index contributed by atoms with van der Waals surface area (Å²) in [6.45, 7) is 3.61. The van der Waals surface area contributed by atoms with Gasteiger partial charge in [0.15, 0.2) is 0 Å². The van der Waals surface area contributed by atoms with Gasteiger partial charge in [-0.2, -0.15) is 5.26 Å². The normalized spacial score (nSPS) is 11.9. The van der Waals surface area contributed by atoms with E-state index in [9.17, 15) is 8.42 Å². The average Bonchev–Trinajstić information content (AvgIpc) is 2.29. The highest BCUT2D eigenvalue weighted by molar-refractivity contribution is 7.92. The summed E-state index contributed by atoms with van der Waals surface area (Å²) >= 11 is 5.40. The van der Waals surface area contributed by atoms with Crippen molar-refractivity contribution in [2.75, 3.05) is 16.4 Å². The number of benzene rings is 1. The molecule has 0 aliphatic carbocycles. The molecule has 1 aromatic carbocycles. The van der Waals surface area contributed by atoms with Gasteiger partial charge in [0.1, 0.15) is 0 Å². The van der Waals surface area contributed by atoms with Gasteiger partial charge in [0, 0.05) is 11.6 Å². The fraction of sp³-hybridized carbons (Fsp3) is 0.417. The predicted molar refractivity (Wildman–Crippen MR) is 73.2 cm³/mol. The van der Waals surface area contributed by atoms with Gasteiger partial charge in [-0.05, 0) is 31.5 Å². The minimum absolute atomic E-state index is 0.0505.